The number of Topliss-reactive ketones (excluding diaryl/α,β-unsaturated/α-hetero) is 1. The fourth-order valence-electron chi connectivity index (χ4n) is 4.25. The lowest BCUT2D eigenvalue weighted by Gasteiger charge is -2.08. The molecule has 3 N–H and O–H groups in total. The molecule has 6 aromatic heterocycles. The zero-order valence-corrected chi connectivity index (χ0v) is 21.7. The van der Waals surface area contributed by atoms with Crippen LogP contribution in [0.4, 0.5) is 5.69 Å². The van der Waals surface area contributed by atoms with E-state index in [1.54, 1.807) is 31.7 Å². The van der Waals surface area contributed by atoms with E-state index in [4.69, 9.17) is 0 Å². The normalized spacial score (nSPS) is 11.5. The monoisotopic (exact) mass is 521 g/mol. The second-order valence-corrected chi connectivity index (χ2v) is 10.4. The number of pyridine rings is 3. The summed E-state index contributed by atoms with van der Waals surface area (Å²) < 4.78 is 0. The fourth-order valence-corrected chi connectivity index (χ4v) is 5.16. The van der Waals surface area contributed by atoms with E-state index in [0.717, 1.165) is 49.3 Å². The van der Waals surface area contributed by atoms with Crippen LogP contribution >= 0.6 is 11.3 Å². The maximum atomic E-state index is 12.1. The topological polar surface area (TPSA) is 129 Å². The molecule has 0 aliphatic heterocycles. The van der Waals surface area contributed by atoms with E-state index in [1.165, 1.54) is 11.3 Å². The first-order valence-corrected chi connectivity index (χ1v) is 12.9. The third-order valence-electron chi connectivity index (χ3n) is 6.26. The highest BCUT2D eigenvalue weighted by atomic mass is 32.1. The van der Waals surface area contributed by atoms with Crippen LogP contribution < -0.4 is 5.32 Å². The van der Waals surface area contributed by atoms with Gasteiger partial charge in [0.25, 0.3) is 0 Å². The third-order valence-corrected chi connectivity index (χ3v) is 7.46. The molecule has 0 aliphatic rings. The maximum Gasteiger partial charge on any atom is 0.226 e. The van der Waals surface area contributed by atoms with Crippen molar-refractivity contribution < 1.29 is 9.59 Å². The van der Waals surface area contributed by atoms with Crippen molar-refractivity contribution in [2.24, 2.45) is 5.92 Å². The maximum absolute atomic E-state index is 12.1. The number of hydrogen-bond acceptors (Lipinski definition) is 7. The Morgan fingerprint density at radius 3 is 2.58 bits per heavy atom. The van der Waals surface area contributed by atoms with Gasteiger partial charge in [-0.05, 0) is 43.3 Å². The van der Waals surface area contributed by atoms with Gasteiger partial charge in [-0.1, -0.05) is 13.8 Å². The van der Waals surface area contributed by atoms with Crippen molar-refractivity contribution in [3.05, 3.63) is 66.1 Å². The summed E-state index contributed by atoms with van der Waals surface area (Å²) in [5, 5.41) is 12.4. The van der Waals surface area contributed by atoms with Gasteiger partial charge in [-0.2, -0.15) is 5.10 Å². The summed E-state index contributed by atoms with van der Waals surface area (Å²) in [7, 11) is 0. The number of anilines is 1. The number of nitrogens with one attached hydrogen (secondary N) is 3. The Labute approximate surface area is 221 Å². The van der Waals surface area contributed by atoms with Crippen LogP contribution in [-0.4, -0.2) is 41.8 Å². The van der Waals surface area contributed by atoms with Crippen LogP contribution in [0, 0.1) is 5.92 Å². The molecule has 6 aromatic rings. The number of thiophene rings is 1. The zero-order valence-electron chi connectivity index (χ0n) is 20.9. The van der Waals surface area contributed by atoms with Crippen molar-refractivity contribution in [2.45, 2.75) is 20.8 Å². The van der Waals surface area contributed by atoms with Crippen molar-refractivity contribution in [3.63, 3.8) is 0 Å². The van der Waals surface area contributed by atoms with E-state index in [0.29, 0.717) is 16.3 Å². The third kappa shape index (κ3) is 4.24. The number of ketones is 1. The number of carbonyl (C=O) groups is 2. The van der Waals surface area contributed by atoms with Gasteiger partial charge in [-0.15, -0.1) is 11.3 Å². The Balaban J connectivity index is 1.40. The number of aromatic amines is 2. The molecule has 0 unspecified atom stereocenters. The Kier molecular flexibility index (Phi) is 5.80. The molecular weight excluding hydrogens is 498 g/mol. The molecule has 10 heteroatoms. The van der Waals surface area contributed by atoms with Crippen LogP contribution in [0.25, 0.3) is 55.0 Å². The summed E-state index contributed by atoms with van der Waals surface area (Å²) in [5.74, 6) is -0.166. The highest BCUT2D eigenvalue weighted by molar-refractivity contribution is 7.17. The van der Waals surface area contributed by atoms with Crippen LogP contribution in [-0.2, 0) is 4.79 Å². The van der Waals surface area contributed by atoms with Crippen molar-refractivity contribution in [3.8, 4) is 33.2 Å². The first kappa shape index (κ1) is 23.7. The van der Waals surface area contributed by atoms with Gasteiger partial charge in [-0.25, -0.2) is 0 Å². The van der Waals surface area contributed by atoms with E-state index in [-0.39, 0.29) is 17.6 Å². The number of H-pyrrole nitrogens is 2. The molecule has 0 bridgehead atoms. The van der Waals surface area contributed by atoms with E-state index in [2.05, 4.69) is 35.5 Å². The second kappa shape index (κ2) is 9.31. The predicted molar refractivity (Wildman–Crippen MR) is 149 cm³/mol. The van der Waals surface area contributed by atoms with Crippen molar-refractivity contribution in [2.75, 3.05) is 5.32 Å². The van der Waals surface area contributed by atoms with Crippen LogP contribution in [0.3, 0.4) is 0 Å². The lowest BCUT2D eigenvalue weighted by molar-refractivity contribution is -0.118. The number of amides is 1. The molecule has 0 fully saturated rings. The van der Waals surface area contributed by atoms with Crippen molar-refractivity contribution in [1.29, 1.82) is 0 Å². The first-order valence-electron chi connectivity index (χ1n) is 12.1. The molecule has 1 amide bonds. The van der Waals surface area contributed by atoms with Crippen LogP contribution in [0.5, 0.6) is 0 Å². The van der Waals surface area contributed by atoms with E-state index < -0.39 is 0 Å². The summed E-state index contributed by atoms with van der Waals surface area (Å²) in [6, 6.07) is 11.5. The van der Waals surface area contributed by atoms with Gasteiger partial charge in [0.15, 0.2) is 5.78 Å². The molecule has 0 aromatic carbocycles. The summed E-state index contributed by atoms with van der Waals surface area (Å²) in [6.45, 7) is 5.25. The average Bonchev–Trinajstić information content (AvgIpc) is 3.66. The highest BCUT2D eigenvalue weighted by Gasteiger charge is 2.17. The zero-order chi connectivity index (χ0) is 26.4. The molecule has 6 rings (SSSR count). The minimum absolute atomic E-state index is 0.0404. The fraction of sp³-hybridized carbons (Fsp3) is 0.143. The molecule has 0 spiro atoms. The van der Waals surface area contributed by atoms with Crippen molar-refractivity contribution in [1.82, 2.24) is 30.1 Å². The van der Waals surface area contributed by atoms with Gasteiger partial charge >= 0.3 is 0 Å². The number of fused-ring (bicyclic) bond motifs is 2. The minimum atomic E-state index is -0.135. The Morgan fingerprint density at radius 2 is 1.79 bits per heavy atom. The molecule has 188 valence electrons. The van der Waals surface area contributed by atoms with Crippen LogP contribution in [0.1, 0.15) is 30.4 Å². The Hall–Kier alpha value is -4.70. The first-order chi connectivity index (χ1) is 18.4. The standard InChI is InChI=1S/C28H23N7O2S/c1-14(2)28(37)32-17-8-16(11-29-12-17)21-9-19-23(13-31-21)34-35-26(19)22-10-18-20(33-22)6-7-30-27(18)25-5-4-24(38-25)15(3)36/h4-14,33H,1-3H3,(H,32,37)(H,34,35). The molecule has 0 atom stereocenters. The average molecular weight is 522 g/mol. The minimum Gasteiger partial charge on any atom is -0.353 e. The lowest BCUT2D eigenvalue weighted by Crippen LogP contribution is -2.17. The molecule has 0 saturated carbocycles. The van der Waals surface area contributed by atoms with Crippen LogP contribution in [0.15, 0.2) is 61.2 Å². The molecule has 9 nitrogen and oxygen atoms in total. The molecular formula is C28H23N7O2S. The van der Waals surface area contributed by atoms with Gasteiger partial charge in [0.05, 0.1) is 50.4 Å². The van der Waals surface area contributed by atoms with E-state index in [9.17, 15) is 9.59 Å². The van der Waals surface area contributed by atoms with E-state index >= 15 is 0 Å². The SMILES string of the molecule is CC(=O)c1ccc(-c2nccc3[nH]c(-c4n[nH]c5cnc(-c6cncc(NC(=O)C(C)C)c6)cc45)cc23)s1. The number of rotatable bonds is 6. The number of carbonyl (C=O) groups excluding carboxylic acids is 2. The second-order valence-electron chi connectivity index (χ2n) is 9.32. The number of aromatic nitrogens is 6. The summed E-state index contributed by atoms with van der Waals surface area (Å²) in [5.41, 5.74) is 6.22. The molecule has 0 radical (unpaired) electrons. The molecule has 0 saturated heterocycles. The van der Waals surface area contributed by atoms with Gasteiger partial charge in [0.1, 0.15) is 5.69 Å². The Bertz CT molecular complexity index is 1850. The molecule has 0 aliphatic carbocycles. The molecule has 38 heavy (non-hydrogen) atoms. The van der Waals surface area contributed by atoms with Gasteiger partial charge in [-0.3, -0.25) is 29.6 Å². The van der Waals surface area contributed by atoms with Crippen LogP contribution in [0.2, 0.25) is 0 Å². The number of hydrogen-bond donors (Lipinski definition) is 3. The smallest absolute Gasteiger partial charge is 0.226 e. The lowest BCUT2D eigenvalue weighted by atomic mass is 10.1. The highest BCUT2D eigenvalue weighted by Crippen LogP contribution is 2.36. The summed E-state index contributed by atoms with van der Waals surface area (Å²) in [4.78, 5) is 42.5. The quantitative estimate of drug-likeness (QED) is 0.228. The summed E-state index contributed by atoms with van der Waals surface area (Å²) in [6.07, 6.45) is 6.84. The summed E-state index contributed by atoms with van der Waals surface area (Å²) >= 11 is 1.44. The van der Waals surface area contributed by atoms with Gasteiger partial charge < -0.3 is 10.3 Å². The van der Waals surface area contributed by atoms with E-state index in [1.807, 2.05) is 50.2 Å². The van der Waals surface area contributed by atoms with Gasteiger partial charge in [0.2, 0.25) is 5.91 Å². The van der Waals surface area contributed by atoms with Gasteiger partial charge in [0, 0.05) is 40.2 Å². The van der Waals surface area contributed by atoms with Crippen molar-refractivity contribution >= 4 is 50.5 Å². The molecule has 6 heterocycles. The number of nitrogens with zero attached hydrogens (tertiary/aromatic N) is 4. The predicted octanol–water partition coefficient (Wildman–Crippen LogP) is 6.09. The Morgan fingerprint density at radius 1 is 0.947 bits per heavy atom. The largest absolute Gasteiger partial charge is 0.353 e.